The number of anilines is 1. The summed E-state index contributed by atoms with van der Waals surface area (Å²) in [7, 11) is 0. The van der Waals surface area contributed by atoms with Gasteiger partial charge in [-0.15, -0.1) is 0 Å². The maximum absolute atomic E-state index is 12.0. The third-order valence-electron chi connectivity index (χ3n) is 3.65. The molecule has 6 nitrogen and oxygen atoms in total. The molecule has 3 N–H and O–H groups in total. The van der Waals surface area contributed by atoms with E-state index in [-0.39, 0.29) is 18.2 Å². The van der Waals surface area contributed by atoms with Crippen molar-refractivity contribution in [2.75, 3.05) is 11.9 Å². The Kier molecular flexibility index (Phi) is 3.89. The first-order valence-electron chi connectivity index (χ1n) is 7.23. The minimum atomic E-state index is -0.276. The molecule has 0 atom stereocenters. The van der Waals surface area contributed by atoms with Crippen molar-refractivity contribution in [1.29, 1.82) is 0 Å². The standard InChI is InChI=1S/C17H17N3O3/c1-10-3-5-13(7-11(10)2)23-9-16(21)18-12-4-6-14-15(8-12)20-17(22)19-14/h3-8H,9H2,1-2H3,(H,18,21)(H2,19,20,22). The largest absolute Gasteiger partial charge is 0.484 e. The lowest BCUT2D eigenvalue weighted by atomic mass is 10.1. The molecule has 3 aromatic rings. The molecule has 0 saturated carbocycles. The number of carbonyl (C=O) groups excluding carboxylic acids is 1. The van der Waals surface area contributed by atoms with E-state index in [1.165, 1.54) is 5.56 Å². The van der Waals surface area contributed by atoms with Gasteiger partial charge in [0.05, 0.1) is 11.0 Å². The molecule has 6 heteroatoms. The van der Waals surface area contributed by atoms with E-state index in [0.29, 0.717) is 22.5 Å². The minimum absolute atomic E-state index is 0.0792. The highest BCUT2D eigenvalue weighted by Gasteiger charge is 2.06. The fourth-order valence-electron chi connectivity index (χ4n) is 2.26. The van der Waals surface area contributed by atoms with Crippen LogP contribution in [0, 0.1) is 13.8 Å². The van der Waals surface area contributed by atoms with E-state index in [0.717, 1.165) is 5.56 Å². The van der Waals surface area contributed by atoms with Gasteiger partial charge < -0.3 is 20.0 Å². The summed E-state index contributed by atoms with van der Waals surface area (Å²) in [5.74, 6) is 0.397. The maximum atomic E-state index is 12.0. The van der Waals surface area contributed by atoms with Crippen molar-refractivity contribution < 1.29 is 9.53 Å². The number of hydrogen-bond acceptors (Lipinski definition) is 3. The zero-order chi connectivity index (χ0) is 16.4. The van der Waals surface area contributed by atoms with Crippen LogP contribution in [0.3, 0.4) is 0 Å². The van der Waals surface area contributed by atoms with Gasteiger partial charge in [0.15, 0.2) is 6.61 Å². The summed E-state index contributed by atoms with van der Waals surface area (Å²) in [6.45, 7) is 3.94. The van der Waals surface area contributed by atoms with Gasteiger partial charge in [-0.1, -0.05) is 6.07 Å². The van der Waals surface area contributed by atoms with Crippen LogP contribution in [-0.4, -0.2) is 22.5 Å². The Morgan fingerprint density at radius 3 is 2.61 bits per heavy atom. The average molecular weight is 311 g/mol. The molecule has 0 bridgehead atoms. The summed E-state index contributed by atoms with van der Waals surface area (Å²) in [6.07, 6.45) is 0. The van der Waals surface area contributed by atoms with Gasteiger partial charge in [-0.25, -0.2) is 4.79 Å². The number of aromatic amines is 2. The van der Waals surface area contributed by atoms with E-state index in [9.17, 15) is 9.59 Å². The average Bonchev–Trinajstić information content (AvgIpc) is 2.88. The molecular formula is C17H17N3O3. The number of imidazole rings is 1. The summed E-state index contributed by atoms with van der Waals surface area (Å²) in [6, 6.07) is 10.8. The van der Waals surface area contributed by atoms with Crippen LogP contribution in [0.25, 0.3) is 11.0 Å². The number of fused-ring (bicyclic) bond motifs is 1. The van der Waals surface area contributed by atoms with Crippen LogP contribution in [0.15, 0.2) is 41.2 Å². The van der Waals surface area contributed by atoms with Crippen LogP contribution in [-0.2, 0) is 4.79 Å². The van der Waals surface area contributed by atoms with E-state index < -0.39 is 0 Å². The highest BCUT2D eigenvalue weighted by atomic mass is 16.5. The second-order valence-corrected chi connectivity index (χ2v) is 5.42. The van der Waals surface area contributed by atoms with Crippen molar-refractivity contribution >= 4 is 22.6 Å². The minimum Gasteiger partial charge on any atom is -0.484 e. The molecule has 1 aromatic heterocycles. The Hall–Kier alpha value is -3.02. The Morgan fingerprint density at radius 1 is 1.04 bits per heavy atom. The van der Waals surface area contributed by atoms with E-state index in [1.807, 2.05) is 32.0 Å². The highest BCUT2D eigenvalue weighted by molar-refractivity contribution is 5.93. The van der Waals surface area contributed by atoms with Gasteiger partial charge in [-0.3, -0.25) is 4.79 Å². The molecule has 0 fully saturated rings. The molecule has 23 heavy (non-hydrogen) atoms. The SMILES string of the molecule is Cc1ccc(OCC(=O)Nc2ccc3[nH]c(=O)[nH]c3c2)cc1C. The number of rotatable bonds is 4. The summed E-state index contributed by atoms with van der Waals surface area (Å²) in [5.41, 5.74) is 3.95. The van der Waals surface area contributed by atoms with Crippen LogP contribution in [0.2, 0.25) is 0 Å². The Morgan fingerprint density at radius 2 is 1.83 bits per heavy atom. The molecule has 118 valence electrons. The molecule has 0 radical (unpaired) electrons. The second kappa shape index (κ2) is 6.00. The smallest absolute Gasteiger partial charge is 0.323 e. The molecular weight excluding hydrogens is 294 g/mol. The fraction of sp³-hybridized carbons (Fsp3) is 0.176. The van der Waals surface area contributed by atoms with Crippen molar-refractivity contribution in [3.63, 3.8) is 0 Å². The number of aryl methyl sites for hydroxylation is 2. The van der Waals surface area contributed by atoms with Crippen molar-refractivity contribution in [3.8, 4) is 5.75 Å². The van der Waals surface area contributed by atoms with E-state index in [4.69, 9.17) is 4.74 Å². The quantitative estimate of drug-likeness (QED) is 0.692. The van der Waals surface area contributed by atoms with Gasteiger partial charge in [-0.2, -0.15) is 0 Å². The van der Waals surface area contributed by atoms with Gasteiger partial charge in [0.25, 0.3) is 5.91 Å². The number of benzene rings is 2. The number of hydrogen-bond donors (Lipinski definition) is 3. The molecule has 0 aliphatic heterocycles. The van der Waals surface area contributed by atoms with Crippen molar-refractivity contribution in [2.45, 2.75) is 13.8 Å². The van der Waals surface area contributed by atoms with Gasteiger partial charge in [0.2, 0.25) is 0 Å². The van der Waals surface area contributed by atoms with Crippen molar-refractivity contribution in [1.82, 2.24) is 9.97 Å². The molecule has 0 aliphatic rings. The van der Waals surface area contributed by atoms with Gasteiger partial charge in [-0.05, 0) is 55.3 Å². The third kappa shape index (κ3) is 3.42. The summed E-state index contributed by atoms with van der Waals surface area (Å²) < 4.78 is 5.49. The first-order valence-corrected chi connectivity index (χ1v) is 7.23. The summed E-state index contributed by atoms with van der Waals surface area (Å²) in [4.78, 5) is 28.5. The Balaban J connectivity index is 1.63. The normalized spacial score (nSPS) is 10.7. The molecule has 0 unspecified atom stereocenters. The van der Waals surface area contributed by atoms with Gasteiger partial charge >= 0.3 is 5.69 Å². The van der Waals surface area contributed by atoms with Crippen molar-refractivity contribution in [2.24, 2.45) is 0 Å². The number of aromatic nitrogens is 2. The lowest BCUT2D eigenvalue weighted by Crippen LogP contribution is -2.20. The van der Waals surface area contributed by atoms with Gasteiger partial charge in [0.1, 0.15) is 5.75 Å². The Bertz CT molecular complexity index is 924. The number of H-pyrrole nitrogens is 2. The van der Waals surface area contributed by atoms with Crippen molar-refractivity contribution in [3.05, 3.63) is 58.0 Å². The molecule has 0 saturated heterocycles. The van der Waals surface area contributed by atoms with E-state index in [1.54, 1.807) is 18.2 Å². The predicted molar refractivity (Wildman–Crippen MR) is 89.0 cm³/mol. The number of ether oxygens (including phenoxy) is 1. The lowest BCUT2D eigenvalue weighted by molar-refractivity contribution is -0.118. The zero-order valence-electron chi connectivity index (χ0n) is 12.9. The first kappa shape index (κ1) is 14.9. The van der Waals surface area contributed by atoms with Gasteiger partial charge in [0, 0.05) is 5.69 Å². The molecule has 2 aromatic carbocycles. The number of carbonyl (C=O) groups is 1. The summed E-state index contributed by atoms with van der Waals surface area (Å²) >= 11 is 0. The monoisotopic (exact) mass is 311 g/mol. The van der Waals surface area contributed by atoms with E-state index in [2.05, 4.69) is 15.3 Å². The predicted octanol–water partition coefficient (Wildman–Crippen LogP) is 2.49. The van der Waals surface area contributed by atoms with Crippen LogP contribution >= 0.6 is 0 Å². The lowest BCUT2D eigenvalue weighted by Gasteiger charge is -2.09. The molecule has 0 spiro atoms. The molecule has 3 rings (SSSR count). The van der Waals surface area contributed by atoms with Crippen LogP contribution in [0.5, 0.6) is 5.75 Å². The maximum Gasteiger partial charge on any atom is 0.323 e. The van der Waals surface area contributed by atoms with Crippen LogP contribution in [0.1, 0.15) is 11.1 Å². The third-order valence-corrected chi connectivity index (χ3v) is 3.65. The molecule has 1 heterocycles. The molecule has 0 aliphatic carbocycles. The number of amides is 1. The topological polar surface area (TPSA) is 87.0 Å². The highest BCUT2D eigenvalue weighted by Crippen LogP contribution is 2.17. The van der Waals surface area contributed by atoms with Crippen LogP contribution < -0.4 is 15.7 Å². The summed E-state index contributed by atoms with van der Waals surface area (Å²) in [5, 5.41) is 2.74. The zero-order valence-corrected chi connectivity index (χ0v) is 12.9. The fourth-order valence-corrected chi connectivity index (χ4v) is 2.26. The molecule has 1 amide bonds. The Labute approximate surface area is 132 Å². The number of nitrogens with one attached hydrogen (secondary N) is 3. The first-order chi connectivity index (χ1) is 11.0. The van der Waals surface area contributed by atoms with Crippen LogP contribution in [0.4, 0.5) is 5.69 Å². The second-order valence-electron chi connectivity index (χ2n) is 5.42. The van der Waals surface area contributed by atoms with E-state index >= 15 is 0 Å².